The third-order valence-electron chi connectivity index (χ3n) is 10.3. The summed E-state index contributed by atoms with van der Waals surface area (Å²) in [5.74, 6) is 4.05. The minimum atomic E-state index is 0. The smallest absolute Gasteiger partial charge is 0 e. The summed E-state index contributed by atoms with van der Waals surface area (Å²) in [7, 11) is 0. The van der Waals surface area contributed by atoms with E-state index in [2.05, 4.69) is 83.1 Å². The Morgan fingerprint density at radius 2 is 0.375 bits per heavy atom. The molecule has 0 unspecified atom stereocenters. The summed E-state index contributed by atoms with van der Waals surface area (Å²) in [4.78, 5) is 0. The maximum atomic E-state index is 2.36. The fourth-order valence-corrected chi connectivity index (χ4v) is 7.17. The largest absolute Gasteiger partial charge is 0.358 e. The molecule has 0 spiro atoms. The zero-order valence-corrected chi connectivity index (χ0v) is 36.5. The Kier molecular flexibility index (Phi) is 27.8. The summed E-state index contributed by atoms with van der Waals surface area (Å²) in [5, 5.41) is 0. The van der Waals surface area contributed by atoms with Gasteiger partial charge in [-0.25, -0.2) is 0 Å². The van der Waals surface area contributed by atoms with Crippen molar-refractivity contribution in [2.24, 2.45) is 45.3 Å². The first kappa shape index (κ1) is 49.1. The molecule has 2 radical (unpaired) electrons. The molecule has 0 aromatic rings. The second kappa shape index (κ2) is 22.7. The average molecular weight is 713 g/mol. The zero-order chi connectivity index (χ0) is 27.6. The number of rotatable bonds is 0. The molecule has 2 heteroatoms. The first-order valence-electron chi connectivity index (χ1n) is 16.4. The van der Waals surface area contributed by atoms with E-state index in [0.29, 0.717) is 21.7 Å². The first-order valence-corrected chi connectivity index (χ1v) is 16.4. The van der Waals surface area contributed by atoms with Crippen molar-refractivity contribution in [2.45, 2.75) is 186 Å². The van der Waals surface area contributed by atoms with Gasteiger partial charge in [-0.3, -0.25) is 0 Å². The molecule has 0 aromatic heterocycles. The Morgan fingerprint density at radius 3 is 0.425 bits per heavy atom. The predicted octanol–water partition coefficient (Wildman–Crippen LogP) is 13.8. The molecule has 0 atom stereocenters. The van der Waals surface area contributed by atoms with Gasteiger partial charge >= 0.3 is 0 Å². The van der Waals surface area contributed by atoms with Crippen molar-refractivity contribution >= 4 is 0 Å². The van der Waals surface area contributed by atoms with E-state index in [4.69, 9.17) is 0 Å². The molecule has 0 aliphatic heterocycles. The van der Waals surface area contributed by atoms with Crippen molar-refractivity contribution in [1.82, 2.24) is 0 Å². The van der Waals surface area contributed by atoms with Gasteiger partial charge in [0.1, 0.15) is 0 Å². The second-order valence-electron chi connectivity index (χ2n) is 17.4. The summed E-state index contributed by atoms with van der Waals surface area (Å²) in [6.07, 6.45) is 23.6. The summed E-state index contributed by atoms with van der Waals surface area (Å²) >= 11 is 0. The quantitative estimate of drug-likeness (QED) is 0.219. The fraction of sp³-hybridized carbons (Fsp3) is 0.947. The van der Waals surface area contributed by atoms with Gasteiger partial charge in [-0.15, -0.1) is 0 Å². The van der Waals surface area contributed by atoms with Gasteiger partial charge in [0.15, 0.2) is 0 Å². The SMILES string of the molecule is CC(C)(C)C1CCCC1.CC(C)(C)C1CCCC1.CC(C)(C)C1CCCC1.CC(C)(C)C1CCCC1.[CH3-].[CH3-].[Y].[Y]. The standard InChI is InChI=1S/4C9H18.2CH3.2Y/c4*1-9(2,3)8-6-4-5-7-8;;;;/h4*8H,4-7H2,1-3H3;2*1H3;;/q;;;;2*-1;;. The summed E-state index contributed by atoms with van der Waals surface area (Å²) in [6.45, 7) is 28.4. The summed E-state index contributed by atoms with van der Waals surface area (Å²) in [6, 6.07) is 0. The molecule has 4 aliphatic carbocycles. The van der Waals surface area contributed by atoms with Crippen LogP contribution in [-0.4, -0.2) is 0 Å². The van der Waals surface area contributed by atoms with E-state index in [1.165, 1.54) is 103 Å². The molecule has 4 saturated carbocycles. The molecule has 0 saturated heterocycles. The Hall–Kier alpha value is 2.21. The summed E-state index contributed by atoms with van der Waals surface area (Å²) < 4.78 is 0. The van der Waals surface area contributed by atoms with Gasteiger partial charge in [0.25, 0.3) is 0 Å². The molecule has 238 valence electrons. The molecule has 4 aliphatic rings. The van der Waals surface area contributed by atoms with Crippen LogP contribution in [-0.2, 0) is 65.4 Å². The van der Waals surface area contributed by atoms with E-state index in [-0.39, 0.29) is 80.3 Å². The maximum Gasteiger partial charge on any atom is 0 e. The van der Waals surface area contributed by atoms with Gasteiger partial charge in [-0.05, 0) is 96.7 Å². The van der Waals surface area contributed by atoms with E-state index in [1.54, 1.807) is 0 Å². The van der Waals surface area contributed by atoms with E-state index in [9.17, 15) is 0 Å². The molecule has 0 bridgehead atoms. The molecule has 0 nitrogen and oxygen atoms in total. The van der Waals surface area contributed by atoms with Gasteiger partial charge in [0.05, 0.1) is 0 Å². The van der Waals surface area contributed by atoms with E-state index in [0.717, 1.165) is 23.7 Å². The van der Waals surface area contributed by atoms with Crippen LogP contribution in [0.4, 0.5) is 0 Å². The first-order chi connectivity index (χ1) is 16.4. The minimum Gasteiger partial charge on any atom is -0.358 e. The Balaban J connectivity index is -0.000000209. The Bertz CT molecular complexity index is 438. The van der Waals surface area contributed by atoms with Crippen LogP contribution in [0, 0.1) is 60.2 Å². The van der Waals surface area contributed by atoms with E-state index >= 15 is 0 Å². The molecule has 4 fully saturated rings. The monoisotopic (exact) mass is 712 g/mol. The van der Waals surface area contributed by atoms with Crippen molar-refractivity contribution in [1.29, 1.82) is 0 Å². The van der Waals surface area contributed by atoms with Gasteiger partial charge < -0.3 is 14.9 Å². The van der Waals surface area contributed by atoms with Crippen LogP contribution >= 0.6 is 0 Å². The topological polar surface area (TPSA) is 0 Å². The van der Waals surface area contributed by atoms with Crippen LogP contribution in [0.1, 0.15) is 186 Å². The average Bonchev–Trinajstić information content (AvgIpc) is 3.57. The van der Waals surface area contributed by atoms with Crippen LogP contribution in [0.2, 0.25) is 0 Å². The van der Waals surface area contributed by atoms with Crippen LogP contribution in [0.3, 0.4) is 0 Å². The molecule has 40 heavy (non-hydrogen) atoms. The van der Waals surface area contributed by atoms with Crippen LogP contribution in [0.25, 0.3) is 0 Å². The molecular weight excluding hydrogens is 634 g/mol. The third kappa shape index (κ3) is 21.0. The predicted molar refractivity (Wildman–Crippen MR) is 178 cm³/mol. The number of hydrogen-bond acceptors (Lipinski definition) is 0. The molecule has 0 heterocycles. The van der Waals surface area contributed by atoms with Crippen LogP contribution in [0.5, 0.6) is 0 Å². The Morgan fingerprint density at radius 1 is 0.275 bits per heavy atom. The third-order valence-corrected chi connectivity index (χ3v) is 10.3. The van der Waals surface area contributed by atoms with Crippen molar-refractivity contribution in [3.8, 4) is 0 Å². The number of hydrogen-bond donors (Lipinski definition) is 0. The summed E-state index contributed by atoms with van der Waals surface area (Å²) in [5.41, 5.74) is 2.32. The van der Waals surface area contributed by atoms with Crippen molar-refractivity contribution in [3.63, 3.8) is 0 Å². The zero-order valence-electron chi connectivity index (χ0n) is 30.8. The normalized spacial score (nSPS) is 20.7. The van der Waals surface area contributed by atoms with Gasteiger partial charge in [-0.1, -0.05) is 134 Å². The molecule has 0 N–H and O–H groups in total. The second-order valence-corrected chi connectivity index (χ2v) is 17.4. The van der Waals surface area contributed by atoms with E-state index in [1.807, 2.05) is 0 Å². The minimum absolute atomic E-state index is 0. The van der Waals surface area contributed by atoms with Crippen LogP contribution < -0.4 is 0 Å². The van der Waals surface area contributed by atoms with E-state index < -0.39 is 0 Å². The Labute approximate surface area is 308 Å². The van der Waals surface area contributed by atoms with Crippen LogP contribution in [0.15, 0.2) is 0 Å². The van der Waals surface area contributed by atoms with Crippen molar-refractivity contribution in [2.75, 3.05) is 0 Å². The van der Waals surface area contributed by atoms with Gasteiger partial charge in [0.2, 0.25) is 0 Å². The van der Waals surface area contributed by atoms with Crippen molar-refractivity contribution in [3.05, 3.63) is 14.9 Å². The van der Waals surface area contributed by atoms with Gasteiger partial charge in [-0.2, -0.15) is 0 Å². The molecule has 0 amide bonds. The fourth-order valence-electron chi connectivity index (χ4n) is 7.17. The molecular formula is C38H78Y2-2. The molecule has 0 aromatic carbocycles. The molecule has 4 rings (SSSR count). The van der Waals surface area contributed by atoms with Gasteiger partial charge in [0, 0.05) is 65.4 Å². The van der Waals surface area contributed by atoms with Crippen molar-refractivity contribution < 1.29 is 65.4 Å². The maximum absolute atomic E-state index is 2.36.